The predicted octanol–water partition coefficient (Wildman–Crippen LogP) is 4.03. The van der Waals surface area contributed by atoms with Crippen LogP contribution in [0.3, 0.4) is 0 Å². The van der Waals surface area contributed by atoms with Gasteiger partial charge in [0.1, 0.15) is 0 Å². The molecule has 1 atom stereocenters. The van der Waals surface area contributed by atoms with Crippen LogP contribution in [0.15, 0.2) is 18.2 Å². The molecule has 0 amide bonds. The average molecular weight is 229 g/mol. The summed E-state index contributed by atoms with van der Waals surface area (Å²) in [7, 11) is 0. The zero-order valence-corrected chi connectivity index (χ0v) is 11.0. The van der Waals surface area contributed by atoms with E-state index in [1.54, 1.807) is 5.56 Å². The molecular weight excluding hydrogens is 206 g/mol. The fourth-order valence-electron chi connectivity index (χ4n) is 3.56. The third kappa shape index (κ3) is 1.63. The summed E-state index contributed by atoms with van der Waals surface area (Å²) in [5, 5.41) is 0. The molecule has 2 aliphatic rings. The molecule has 1 aromatic carbocycles. The number of fused-ring (bicyclic) bond motifs is 2. The minimum absolute atomic E-state index is 0.275. The van der Waals surface area contributed by atoms with E-state index < -0.39 is 0 Å². The van der Waals surface area contributed by atoms with Crippen molar-refractivity contribution in [3.8, 4) is 0 Å². The molecule has 92 valence electrons. The van der Waals surface area contributed by atoms with Gasteiger partial charge in [-0.2, -0.15) is 0 Å². The Labute approximate surface area is 104 Å². The van der Waals surface area contributed by atoms with Gasteiger partial charge in [0, 0.05) is 6.04 Å². The lowest BCUT2D eigenvalue weighted by Gasteiger charge is -2.48. The Morgan fingerprint density at radius 1 is 1.24 bits per heavy atom. The van der Waals surface area contributed by atoms with Gasteiger partial charge in [-0.1, -0.05) is 38.5 Å². The van der Waals surface area contributed by atoms with Gasteiger partial charge in [-0.25, -0.2) is 0 Å². The average Bonchev–Trinajstić information content (AvgIpc) is 2.27. The standard InChI is InChI=1S/C16H23N/c1-11(2)12-4-5-13-14(10-12)16(7-3-8-16)9-6-15(13)17/h4-5,10-11,15H,3,6-9,17H2,1-2H3. The van der Waals surface area contributed by atoms with Gasteiger partial charge < -0.3 is 5.73 Å². The van der Waals surface area contributed by atoms with Crippen LogP contribution in [0.1, 0.15) is 74.6 Å². The Kier molecular flexibility index (Phi) is 2.55. The first kappa shape index (κ1) is 11.3. The Morgan fingerprint density at radius 3 is 2.59 bits per heavy atom. The van der Waals surface area contributed by atoms with Crippen molar-refractivity contribution in [2.45, 2.75) is 63.3 Å². The van der Waals surface area contributed by atoms with Crippen molar-refractivity contribution in [1.82, 2.24) is 0 Å². The van der Waals surface area contributed by atoms with E-state index in [1.807, 2.05) is 0 Å². The molecule has 0 bridgehead atoms. The molecule has 0 saturated heterocycles. The highest BCUT2D eigenvalue weighted by Crippen LogP contribution is 2.53. The highest BCUT2D eigenvalue weighted by molar-refractivity contribution is 5.43. The van der Waals surface area contributed by atoms with Crippen molar-refractivity contribution < 1.29 is 0 Å². The summed E-state index contributed by atoms with van der Waals surface area (Å²) in [6.07, 6.45) is 6.65. The first-order valence-electron chi connectivity index (χ1n) is 7.02. The lowest BCUT2D eigenvalue weighted by atomic mass is 9.57. The van der Waals surface area contributed by atoms with Gasteiger partial charge >= 0.3 is 0 Å². The second-order valence-corrected chi connectivity index (χ2v) is 6.28. The molecule has 2 N–H and O–H groups in total. The van der Waals surface area contributed by atoms with E-state index in [0.29, 0.717) is 11.3 Å². The van der Waals surface area contributed by atoms with Crippen molar-refractivity contribution >= 4 is 0 Å². The predicted molar refractivity (Wildman–Crippen MR) is 72.2 cm³/mol. The van der Waals surface area contributed by atoms with Gasteiger partial charge in [0.2, 0.25) is 0 Å². The highest BCUT2D eigenvalue weighted by Gasteiger charge is 2.43. The minimum Gasteiger partial charge on any atom is -0.324 e. The van der Waals surface area contributed by atoms with Crippen LogP contribution in [0.25, 0.3) is 0 Å². The normalized spacial score (nSPS) is 25.8. The van der Waals surface area contributed by atoms with Gasteiger partial charge in [-0.15, -0.1) is 0 Å². The zero-order chi connectivity index (χ0) is 12.0. The fraction of sp³-hybridized carbons (Fsp3) is 0.625. The van der Waals surface area contributed by atoms with Crippen molar-refractivity contribution in [2.75, 3.05) is 0 Å². The molecule has 1 spiro atoms. The third-order valence-corrected chi connectivity index (χ3v) is 4.96. The zero-order valence-electron chi connectivity index (χ0n) is 11.0. The topological polar surface area (TPSA) is 26.0 Å². The van der Waals surface area contributed by atoms with Gasteiger partial charge in [-0.05, 0) is 53.7 Å². The Bertz CT molecular complexity index is 429. The number of hydrogen-bond acceptors (Lipinski definition) is 1. The van der Waals surface area contributed by atoms with Crippen LogP contribution in [0.4, 0.5) is 0 Å². The van der Waals surface area contributed by atoms with Crippen molar-refractivity contribution in [3.63, 3.8) is 0 Å². The fourth-order valence-corrected chi connectivity index (χ4v) is 3.56. The molecule has 0 radical (unpaired) electrons. The molecule has 1 nitrogen and oxygen atoms in total. The van der Waals surface area contributed by atoms with Gasteiger partial charge in [0.05, 0.1) is 0 Å². The summed E-state index contributed by atoms with van der Waals surface area (Å²) in [6, 6.07) is 7.31. The van der Waals surface area contributed by atoms with E-state index >= 15 is 0 Å². The molecule has 1 heteroatoms. The second-order valence-electron chi connectivity index (χ2n) is 6.28. The molecule has 0 heterocycles. The van der Waals surface area contributed by atoms with Gasteiger partial charge in [0.15, 0.2) is 0 Å². The van der Waals surface area contributed by atoms with Crippen molar-refractivity contribution in [1.29, 1.82) is 0 Å². The highest BCUT2D eigenvalue weighted by atomic mass is 14.7. The molecule has 3 rings (SSSR count). The summed E-state index contributed by atoms with van der Waals surface area (Å²) in [5.74, 6) is 0.621. The molecule has 1 saturated carbocycles. The van der Waals surface area contributed by atoms with Crippen LogP contribution in [0.5, 0.6) is 0 Å². The number of nitrogens with two attached hydrogens (primary N) is 1. The van der Waals surface area contributed by atoms with Gasteiger partial charge in [0.25, 0.3) is 0 Å². The summed E-state index contributed by atoms with van der Waals surface area (Å²) in [6.45, 7) is 4.55. The van der Waals surface area contributed by atoms with Crippen LogP contribution in [-0.2, 0) is 5.41 Å². The monoisotopic (exact) mass is 229 g/mol. The van der Waals surface area contributed by atoms with E-state index in [4.69, 9.17) is 5.73 Å². The van der Waals surface area contributed by atoms with Crippen LogP contribution < -0.4 is 5.73 Å². The van der Waals surface area contributed by atoms with Gasteiger partial charge in [-0.3, -0.25) is 0 Å². The number of hydrogen-bond donors (Lipinski definition) is 1. The number of rotatable bonds is 1. The van der Waals surface area contributed by atoms with Crippen LogP contribution >= 0.6 is 0 Å². The van der Waals surface area contributed by atoms with E-state index in [0.717, 1.165) is 0 Å². The Hall–Kier alpha value is -0.820. The maximum absolute atomic E-state index is 6.27. The number of benzene rings is 1. The van der Waals surface area contributed by atoms with E-state index in [9.17, 15) is 0 Å². The Balaban J connectivity index is 2.10. The molecule has 1 unspecified atom stereocenters. The molecule has 1 aromatic rings. The maximum Gasteiger partial charge on any atom is 0.0298 e. The second kappa shape index (κ2) is 3.84. The lowest BCUT2D eigenvalue weighted by molar-refractivity contribution is 0.199. The first-order chi connectivity index (χ1) is 8.12. The lowest BCUT2D eigenvalue weighted by Crippen LogP contribution is -2.40. The summed E-state index contributed by atoms with van der Waals surface area (Å²) >= 11 is 0. The van der Waals surface area contributed by atoms with Crippen LogP contribution in [0, 0.1) is 0 Å². The minimum atomic E-state index is 0.275. The van der Waals surface area contributed by atoms with E-state index in [1.165, 1.54) is 43.2 Å². The molecule has 17 heavy (non-hydrogen) atoms. The summed E-state index contributed by atoms with van der Waals surface area (Å²) < 4.78 is 0. The molecular formula is C16H23N. The van der Waals surface area contributed by atoms with Crippen molar-refractivity contribution in [3.05, 3.63) is 34.9 Å². The quantitative estimate of drug-likeness (QED) is 0.773. The largest absolute Gasteiger partial charge is 0.324 e. The van der Waals surface area contributed by atoms with Crippen molar-refractivity contribution in [2.24, 2.45) is 5.73 Å². The summed E-state index contributed by atoms with van der Waals surface area (Å²) in [4.78, 5) is 0. The SMILES string of the molecule is CC(C)c1ccc2c(c1)C1(CCC1)CCC2N. The van der Waals surface area contributed by atoms with Crippen LogP contribution in [-0.4, -0.2) is 0 Å². The molecule has 0 aliphatic heterocycles. The first-order valence-corrected chi connectivity index (χ1v) is 7.02. The maximum atomic E-state index is 6.27. The molecule has 1 fully saturated rings. The smallest absolute Gasteiger partial charge is 0.0298 e. The third-order valence-electron chi connectivity index (χ3n) is 4.96. The van der Waals surface area contributed by atoms with Crippen LogP contribution in [0.2, 0.25) is 0 Å². The molecule has 2 aliphatic carbocycles. The Morgan fingerprint density at radius 2 is 2.00 bits per heavy atom. The molecule has 0 aromatic heterocycles. The van der Waals surface area contributed by atoms with E-state index in [-0.39, 0.29) is 6.04 Å². The van der Waals surface area contributed by atoms with E-state index in [2.05, 4.69) is 32.0 Å². The summed E-state index contributed by atoms with van der Waals surface area (Å²) in [5.41, 5.74) is 11.3.